The molecule has 0 aromatic carbocycles. The summed E-state index contributed by atoms with van der Waals surface area (Å²) in [6.45, 7) is 33.0. The number of fused-ring (bicyclic) bond motifs is 1. The Kier molecular flexibility index (Phi) is 11.6. The first-order valence-corrected chi connectivity index (χ1v) is 23.4. The van der Waals surface area contributed by atoms with Crippen LogP contribution in [0.4, 0.5) is 0 Å². The fraction of sp³-hybridized carbons (Fsp3) is 0.838. The van der Waals surface area contributed by atoms with E-state index in [0.717, 1.165) is 19.3 Å². The molecule has 0 aromatic heterocycles. The van der Waals surface area contributed by atoms with E-state index in [-0.39, 0.29) is 70.1 Å². The van der Waals surface area contributed by atoms with Gasteiger partial charge in [-0.1, -0.05) is 80.5 Å². The van der Waals surface area contributed by atoms with E-state index in [9.17, 15) is 9.59 Å². The molecular weight excluding hydrogens is 597 g/mol. The molecule has 0 saturated carbocycles. The molecule has 0 amide bonds. The highest BCUT2D eigenvalue weighted by Crippen LogP contribution is 2.49. The Bertz CT molecular complexity index is 1120. The van der Waals surface area contributed by atoms with E-state index in [0.29, 0.717) is 12.8 Å². The topological polar surface area (TPSA) is 71.1 Å². The van der Waals surface area contributed by atoms with Crippen LogP contribution in [0, 0.1) is 29.1 Å². The van der Waals surface area contributed by atoms with Crippen molar-refractivity contribution >= 4 is 28.6 Å². The molecule has 8 heteroatoms. The van der Waals surface area contributed by atoms with Gasteiger partial charge in [0.2, 0.25) is 0 Å². The maximum Gasteiger partial charge on any atom is 0.311 e. The van der Waals surface area contributed by atoms with Crippen molar-refractivity contribution in [2.24, 2.45) is 29.1 Å². The molecule has 2 aliphatic carbocycles. The van der Waals surface area contributed by atoms with Gasteiger partial charge >= 0.3 is 11.9 Å². The van der Waals surface area contributed by atoms with Crippen molar-refractivity contribution < 1.29 is 27.9 Å². The maximum absolute atomic E-state index is 13.7. The number of carbonyl (C=O) groups excluding carboxylic acids is 2. The molecule has 3 rings (SSSR count). The normalized spacial score (nSPS) is 31.6. The molecule has 258 valence electrons. The van der Waals surface area contributed by atoms with Crippen LogP contribution in [-0.4, -0.2) is 53.0 Å². The smallest absolute Gasteiger partial charge is 0.311 e. The second-order valence-electron chi connectivity index (χ2n) is 18.0. The molecule has 45 heavy (non-hydrogen) atoms. The lowest BCUT2D eigenvalue weighted by Crippen LogP contribution is -2.56. The van der Waals surface area contributed by atoms with Crippen LogP contribution in [0.15, 0.2) is 23.8 Å². The highest BCUT2D eigenvalue weighted by atomic mass is 28.4. The van der Waals surface area contributed by atoms with E-state index >= 15 is 0 Å². The highest BCUT2D eigenvalue weighted by molar-refractivity contribution is 6.74. The molecule has 0 spiro atoms. The summed E-state index contributed by atoms with van der Waals surface area (Å²) in [5, 5.41) is 0.109. The SMILES string of the molecule is CCC(C)(C)C(=O)O[C@H]1[C@@H](O[Si](C)(C)C(C)(C)C)[C@@H](C)C=C2C=C[C@H](C)[C@H](CC[C@@H]3C[C@@H](O[Si](C)(C)C(C)(C)C)CC(=O)O3)[C@H]21. The third kappa shape index (κ3) is 8.82. The van der Waals surface area contributed by atoms with Crippen molar-refractivity contribution in [3.63, 3.8) is 0 Å². The zero-order valence-corrected chi connectivity index (χ0v) is 33.3. The summed E-state index contributed by atoms with van der Waals surface area (Å²) in [5.74, 6) is 0.329. The fourth-order valence-corrected chi connectivity index (χ4v) is 9.13. The second kappa shape index (κ2) is 13.7. The lowest BCUT2D eigenvalue weighted by molar-refractivity contribution is -0.173. The third-order valence-corrected chi connectivity index (χ3v) is 21.0. The summed E-state index contributed by atoms with van der Waals surface area (Å²) in [6.07, 6.45) is 9.45. The molecule has 6 nitrogen and oxygen atoms in total. The average molecular weight is 663 g/mol. The number of allylic oxidation sites excluding steroid dienone is 2. The van der Waals surface area contributed by atoms with Gasteiger partial charge in [-0.2, -0.15) is 0 Å². The van der Waals surface area contributed by atoms with Gasteiger partial charge in [0.05, 0.1) is 24.0 Å². The number of rotatable bonds is 10. The molecule has 0 unspecified atom stereocenters. The van der Waals surface area contributed by atoms with E-state index in [1.807, 2.05) is 20.8 Å². The Morgan fingerprint density at radius 3 is 2.02 bits per heavy atom. The summed E-state index contributed by atoms with van der Waals surface area (Å²) in [5.41, 5.74) is 0.667. The van der Waals surface area contributed by atoms with Crippen LogP contribution in [0.5, 0.6) is 0 Å². The number of hydrogen-bond acceptors (Lipinski definition) is 6. The van der Waals surface area contributed by atoms with Gasteiger partial charge < -0.3 is 18.3 Å². The Labute approximate surface area is 277 Å². The van der Waals surface area contributed by atoms with Gasteiger partial charge in [0, 0.05) is 18.3 Å². The van der Waals surface area contributed by atoms with Crippen LogP contribution in [0.25, 0.3) is 0 Å². The molecule has 0 aromatic rings. The molecule has 1 fully saturated rings. The minimum Gasteiger partial charge on any atom is -0.462 e. The Balaban J connectivity index is 1.92. The van der Waals surface area contributed by atoms with Gasteiger partial charge in [-0.25, -0.2) is 0 Å². The number of hydrogen-bond donors (Lipinski definition) is 0. The molecule has 0 bridgehead atoms. The van der Waals surface area contributed by atoms with E-state index in [1.54, 1.807) is 0 Å². The van der Waals surface area contributed by atoms with E-state index in [4.69, 9.17) is 18.3 Å². The van der Waals surface area contributed by atoms with Crippen LogP contribution in [0.2, 0.25) is 36.3 Å². The van der Waals surface area contributed by atoms with Crippen molar-refractivity contribution in [1.29, 1.82) is 0 Å². The van der Waals surface area contributed by atoms with Crippen molar-refractivity contribution in [2.75, 3.05) is 0 Å². The lowest BCUT2D eigenvalue weighted by Gasteiger charge is -2.50. The Hall–Kier alpha value is -1.23. The van der Waals surface area contributed by atoms with Crippen molar-refractivity contribution in [2.45, 2.75) is 169 Å². The molecule has 8 atom stereocenters. The Morgan fingerprint density at radius 1 is 0.889 bits per heavy atom. The minimum atomic E-state index is -2.18. The molecule has 1 aliphatic heterocycles. The first-order valence-electron chi connectivity index (χ1n) is 17.6. The molecular formula is C37H66O6Si2. The zero-order valence-electron chi connectivity index (χ0n) is 31.3. The van der Waals surface area contributed by atoms with Crippen molar-refractivity contribution in [1.82, 2.24) is 0 Å². The number of carbonyl (C=O) groups is 2. The number of ether oxygens (including phenoxy) is 2. The summed E-state index contributed by atoms with van der Waals surface area (Å²) in [4.78, 5) is 26.5. The van der Waals surface area contributed by atoms with E-state index in [2.05, 4.69) is 99.8 Å². The largest absolute Gasteiger partial charge is 0.462 e. The first kappa shape index (κ1) is 38.2. The number of cyclic esters (lactones) is 1. The molecule has 1 heterocycles. The summed E-state index contributed by atoms with van der Waals surface area (Å²) < 4.78 is 26.4. The van der Waals surface area contributed by atoms with Crippen LogP contribution >= 0.6 is 0 Å². The van der Waals surface area contributed by atoms with Crippen LogP contribution in [-0.2, 0) is 27.9 Å². The quantitative estimate of drug-likeness (QED) is 0.171. The minimum absolute atomic E-state index is 0.0196. The predicted octanol–water partition coefficient (Wildman–Crippen LogP) is 9.62. The zero-order chi connectivity index (χ0) is 34.3. The van der Waals surface area contributed by atoms with Gasteiger partial charge in [0.25, 0.3) is 0 Å². The van der Waals surface area contributed by atoms with Gasteiger partial charge in [-0.15, -0.1) is 0 Å². The summed E-state index contributed by atoms with van der Waals surface area (Å²) in [7, 11) is -4.19. The highest BCUT2D eigenvalue weighted by Gasteiger charge is 2.51. The van der Waals surface area contributed by atoms with Gasteiger partial charge in [0.1, 0.15) is 12.2 Å². The first-order chi connectivity index (χ1) is 20.4. The van der Waals surface area contributed by atoms with Gasteiger partial charge in [-0.3, -0.25) is 9.59 Å². The van der Waals surface area contributed by atoms with Gasteiger partial charge in [-0.05, 0) is 86.8 Å². The third-order valence-electron chi connectivity index (χ3n) is 12.0. The molecule has 1 saturated heterocycles. The molecule has 3 aliphatic rings. The van der Waals surface area contributed by atoms with E-state index < -0.39 is 22.0 Å². The second-order valence-corrected chi connectivity index (χ2v) is 27.5. The summed E-state index contributed by atoms with van der Waals surface area (Å²) >= 11 is 0. The van der Waals surface area contributed by atoms with Crippen molar-refractivity contribution in [3.8, 4) is 0 Å². The molecule has 0 N–H and O–H groups in total. The standard InChI is InChI=1S/C37H66O6Si2/c1-16-37(10,11)34(39)41-33-31-26(21-25(3)32(33)43-45(14,15)36(7,8)9)18-17-24(2)29(31)20-19-27-22-28(23-30(38)40-27)42-44(12,13)35(4,5)6/h17-18,21,24-25,27-29,31-33H,16,19-20,22-23H2,1-15H3/t24-,25-,27+,28+,29-,31-,32-,33+/m0/s1. The predicted molar refractivity (Wildman–Crippen MR) is 189 cm³/mol. The average Bonchev–Trinajstić information content (AvgIpc) is 2.88. The van der Waals surface area contributed by atoms with Crippen LogP contribution in [0.3, 0.4) is 0 Å². The van der Waals surface area contributed by atoms with Crippen molar-refractivity contribution in [3.05, 3.63) is 23.8 Å². The number of esters is 2. The van der Waals surface area contributed by atoms with E-state index in [1.165, 1.54) is 5.57 Å². The van der Waals surface area contributed by atoms with Crippen LogP contribution < -0.4 is 0 Å². The van der Waals surface area contributed by atoms with Gasteiger partial charge in [0.15, 0.2) is 16.6 Å². The van der Waals surface area contributed by atoms with Crippen LogP contribution in [0.1, 0.15) is 108 Å². The maximum atomic E-state index is 13.7. The Morgan fingerprint density at radius 2 is 1.47 bits per heavy atom. The monoisotopic (exact) mass is 662 g/mol. The lowest BCUT2D eigenvalue weighted by atomic mass is 9.64. The summed E-state index contributed by atoms with van der Waals surface area (Å²) in [6, 6.07) is 0. The fourth-order valence-electron chi connectivity index (χ4n) is 6.38. The molecule has 0 radical (unpaired) electrons.